The van der Waals surface area contributed by atoms with E-state index in [0.717, 1.165) is 0 Å². The summed E-state index contributed by atoms with van der Waals surface area (Å²) in [6, 6.07) is 3.20. The number of aromatic nitrogens is 1. The Kier molecular flexibility index (Phi) is 3.17. The molecule has 18 heavy (non-hydrogen) atoms. The quantitative estimate of drug-likeness (QED) is 0.708. The van der Waals surface area contributed by atoms with E-state index in [9.17, 15) is 19.4 Å². The van der Waals surface area contributed by atoms with Crippen LogP contribution in [0.3, 0.4) is 0 Å². The van der Waals surface area contributed by atoms with Crippen molar-refractivity contribution in [3.8, 4) is 0 Å². The third-order valence-corrected chi connectivity index (χ3v) is 6.30. The van der Waals surface area contributed by atoms with Gasteiger partial charge in [-0.25, -0.2) is 4.98 Å². The molecule has 2 unspecified atom stereocenters. The Hall–Kier alpha value is -1.39. The Morgan fingerprint density at radius 2 is 2.28 bits per heavy atom. The van der Waals surface area contributed by atoms with Crippen molar-refractivity contribution >= 4 is 19.2 Å². The van der Waals surface area contributed by atoms with Crippen LogP contribution in [0.2, 0.25) is 0 Å². The zero-order chi connectivity index (χ0) is 13.4. The van der Waals surface area contributed by atoms with Crippen molar-refractivity contribution in [2.45, 2.75) is 24.4 Å². The lowest BCUT2D eigenvalue weighted by Crippen LogP contribution is -2.38. The van der Waals surface area contributed by atoms with E-state index in [4.69, 9.17) is 5.73 Å². The Morgan fingerprint density at radius 1 is 1.56 bits per heavy atom. The number of rotatable bonds is 3. The molecule has 1 saturated heterocycles. The van der Waals surface area contributed by atoms with Crippen molar-refractivity contribution in [3.63, 3.8) is 0 Å². The molecule has 0 bridgehead atoms. The van der Waals surface area contributed by atoms with Gasteiger partial charge in [0.25, 0.3) is 0 Å². The van der Waals surface area contributed by atoms with Crippen molar-refractivity contribution in [1.29, 1.82) is 0 Å². The summed E-state index contributed by atoms with van der Waals surface area (Å²) in [5.74, 6) is -0.871. The van der Waals surface area contributed by atoms with Gasteiger partial charge in [0.15, 0.2) is 0 Å². The molecule has 0 aliphatic carbocycles. The minimum absolute atomic E-state index is 0.0173. The predicted molar refractivity (Wildman–Crippen MR) is 66.6 cm³/mol. The first-order valence-corrected chi connectivity index (χ1v) is 7.48. The number of carboxylic acid groups (broad SMARTS) is 1. The Labute approximate surface area is 104 Å². The highest BCUT2D eigenvalue weighted by molar-refractivity contribution is 7.61. The monoisotopic (exact) mass is 270 g/mol. The number of carbonyl (C=O) groups is 1. The molecule has 1 fully saturated rings. The maximum Gasteiger partial charge on any atom is 0.319 e. The molecule has 2 rings (SSSR count). The number of nitrogens with zero attached hydrogens (tertiary/aromatic N) is 1. The first-order valence-electron chi connectivity index (χ1n) is 5.63. The molecular weight excluding hydrogens is 255 g/mol. The zero-order valence-electron chi connectivity index (χ0n) is 9.74. The first kappa shape index (κ1) is 13.1. The lowest BCUT2D eigenvalue weighted by molar-refractivity contribution is -0.140. The fourth-order valence-electron chi connectivity index (χ4n) is 2.40. The standard InChI is InChI=1S/C11H15N2O4P/c12-9-3-2-8(7-13-9)6-11(10(14)15)4-1-5-18(11,16)17/h2-3,7H,1,4-6H2,(H2,12,13)(H,14,15)(H,16,17). The molecule has 0 aromatic carbocycles. The normalized spacial score (nSPS) is 31.4. The number of carboxylic acids is 1. The number of pyridine rings is 1. The number of nitrogens with two attached hydrogens (primary N) is 1. The summed E-state index contributed by atoms with van der Waals surface area (Å²) in [6.45, 7) is 0. The molecule has 0 amide bonds. The van der Waals surface area contributed by atoms with Gasteiger partial charge in [0, 0.05) is 12.4 Å². The second-order valence-electron chi connectivity index (χ2n) is 4.63. The number of hydrogen-bond donors (Lipinski definition) is 3. The largest absolute Gasteiger partial charge is 0.480 e. The Bertz CT molecular complexity index is 516. The van der Waals surface area contributed by atoms with Crippen LogP contribution in [0.4, 0.5) is 5.82 Å². The van der Waals surface area contributed by atoms with Crippen LogP contribution in [0.15, 0.2) is 18.3 Å². The summed E-state index contributed by atoms with van der Waals surface area (Å²) < 4.78 is 12.1. The molecule has 98 valence electrons. The number of hydrogen-bond acceptors (Lipinski definition) is 4. The van der Waals surface area contributed by atoms with Crippen molar-refractivity contribution in [1.82, 2.24) is 4.98 Å². The lowest BCUT2D eigenvalue weighted by Gasteiger charge is -2.27. The van der Waals surface area contributed by atoms with Gasteiger partial charge in [0.2, 0.25) is 7.37 Å². The van der Waals surface area contributed by atoms with E-state index >= 15 is 0 Å². The topological polar surface area (TPSA) is 114 Å². The smallest absolute Gasteiger partial charge is 0.319 e. The summed E-state index contributed by atoms with van der Waals surface area (Å²) in [5.41, 5.74) is 6.06. The van der Waals surface area contributed by atoms with Crippen molar-refractivity contribution < 1.29 is 19.4 Å². The van der Waals surface area contributed by atoms with E-state index in [1.165, 1.54) is 6.20 Å². The highest BCUT2D eigenvalue weighted by Crippen LogP contribution is 2.63. The molecule has 0 saturated carbocycles. The zero-order valence-corrected chi connectivity index (χ0v) is 10.6. The van der Waals surface area contributed by atoms with Gasteiger partial charge in [-0.05, 0) is 30.9 Å². The van der Waals surface area contributed by atoms with Gasteiger partial charge in [-0.1, -0.05) is 6.07 Å². The van der Waals surface area contributed by atoms with Crippen LogP contribution in [0.25, 0.3) is 0 Å². The van der Waals surface area contributed by atoms with E-state index in [1.54, 1.807) is 12.1 Å². The van der Waals surface area contributed by atoms with E-state index < -0.39 is 18.5 Å². The van der Waals surface area contributed by atoms with Crippen LogP contribution >= 0.6 is 7.37 Å². The van der Waals surface area contributed by atoms with Gasteiger partial charge >= 0.3 is 5.97 Å². The van der Waals surface area contributed by atoms with Gasteiger partial charge in [-0.2, -0.15) is 0 Å². The summed E-state index contributed by atoms with van der Waals surface area (Å²) in [4.78, 5) is 25.2. The summed E-state index contributed by atoms with van der Waals surface area (Å²) in [7, 11) is -3.68. The molecule has 2 heterocycles. The van der Waals surface area contributed by atoms with Crippen molar-refractivity contribution in [2.24, 2.45) is 0 Å². The van der Waals surface area contributed by atoms with Gasteiger partial charge in [-0.3, -0.25) is 9.36 Å². The minimum Gasteiger partial charge on any atom is -0.480 e. The molecule has 2 atom stereocenters. The molecule has 1 aliphatic rings. The fourth-order valence-corrected chi connectivity index (χ4v) is 4.65. The molecule has 0 spiro atoms. The van der Waals surface area contributed by atoms with Crippen molar-refractivity contribution in [2.75, 3.05) is 11.9 Å². The minimum atomic E-state index is -3.68. The number of aliphatic carboxylic acids is 1. The van der Waals surface area contributed by atoms with Gasteiger partial charge in [0.05, 0.1) is 0 Å². The predicted octanol–water partition coefficient (Wildman–Crippen LogP) is 1.09. The Morgan fingerprint density at radius 3 is 2.72 bits per heavy atom. The molecule has 6 nitrogen and oxygen atoms in total. The molecule has 7 heteroatoms. The summed E-state index contributed by atoms with van der Waals surface area (Å²) in [5, 5.41) is 7.77. The molecule has 1 aliphatic heterocycles. The maximum absolute atomic E-state index is 12.1. The third kappa shape index (κ3) is 2.02. The lowest BCUT2D eigenvalue weighted by atomic mass is 9.95. The highest BCUT2D eigenvalue weighted by Gasteiger charge is 2.56. The van der Waals surface area contributed by atoms with Gasteiger partial charge in [0.1, 0.15) is 11.0 Å². The molecule has 4 N–H and O–H groups in total. The molecule has 0 radical (unpaired) electrons. The molecule has 1 aromatic rings. The van der Waals surface area contributed by atoms with Crippen LogP contribution in [0.1, 0.15) is 18.4 Å². The van der Waals surface area contributed by atoms with Crippen LogP contribution in [-0.4, -0.2) is 32.3 Å². The van der Waals surface area contributed by atoms with Crippen LogP contribution in [-0.2, 0) is 15.8 Å². The van der Waals surface area contributed by atoms with Crippen LogP contribution in [0.5, 0.6) is 0 Å². The maximum atomic E-state index is 12.1. The molecule has 1 aromatic heterocycles. The number of anilines is 1. The average Bonchev–Trinajstić information content (AvgIpc) is 2.58. The summed E-state index contributed by atoms with van der Waals surface area (Å²) >= 11 is 0. The SMILES string of the molecule is Nc1ccc(CC2(C(=O)O)CCCP2(=O)O)cn1. The first-order chi connectivity index (χ1) is 8.37. The highest BCUT2D eigenvalue weighted by atomic mass is 31.2. The van der Waals surface area contributed by atoms with E-state index in [-0.39, 0.29) is 19.0 Å². The van der Waals surface area contributed by atoms with E-state index in [0.29, 0.717) is 17.8 Å². The Balaban J connectivity index is 2.36. The average molecular weight is 270 g/mol. The van der Waals surface area contributed by atoms with E-state index in [2.05, 4.69) is 4.98 Å². The van der Waals surface area contributed by atoms with Gasteiger partial charge < -0.3 is 15.7 Å². The van der Waals surface area contributed by atoms with Crippen LogP contribution in [0, 0.1) is 0 Å². The fraction of sp³-hybridized carbons (Fsp3) is 0.455. The third-order valence-electron chi connectivity index (χ3n) is 3.46. The van der Waals surface area contributed by atoms with E-state index in [1.807, 2.05) is 0 Å². The van der Waals surface area contributed by atoms with Crippen molar-refractivity contribution in [3.05, 3.63) is 23.9 Å². The van der Waals surface area contributed by atoms with Crippen LogP contribution < -0.4 is 5.73 Å². The number of nitrogen functional groups attached to an aromatic ring is 1. The second-order valence-corrected chi connectivity index (χ2v) is 7.34. The second kappa shape index (κ2) is 4.37. The summed E-state index contributed by atoms with van der Waals surface area (Å²) in [6.07, 6.45) is 2.23. The van der Waals surface area contributed by atoms with Gasteiger partial charge in [-0.15, -0.1) is 0 Å². The molecular formula is C11H15N2O4P.